The zero-order valence-corrected chi connectivity index (χ0v) is 11.8. The van der Waals surface area contributed by atoms with Crippen LogP contribution in [0.2, 0.25) is 0 Å². The summed E-state index contributed by atoms with van der Waals surface area (Å²) in [6.45, 7) is 7.01. The standard InChI is InChI=1S/C14H24FN3/c1-5-18(11(2)9-17(3)4)10-12-6-7-14(16)13(15)8-12/h6-8,11H,5,9-10,16H2,1-4H3. The van der Waals surface area contributed by atoms with E-state index < -0.39 is 0 Å². The lowest BCUT2D eigenvalue weighted by molar-refractivity contribution is 0.174. The highest BCUT2D eigenvalue weighted by atomic mass is 19.1. The third-order valence-electron chi connectivity index (χ3n) is 3.11. The largest absolute Gasteiger partial charge is 0.396 e. The van der Waals surface area contributed by atoms with Gasteiger partial charge in [0.25, 0.3) is 0 Å². The Kier molecular flexibility index (Phi) is 5.56. The quantitative estimate of drug-likeness (QED) is 0.789. The van der Waals surface area contributed by atoms with Crippen molar-refractivity contribution in [3.8, 4) is 0 Å². The summed E-state index contributed by atoms with van der Waals surface area (Å²) in [7, 11) is 4.13. The van der Waals surface area contributed by atoms with Crippen LogP contribution in [0.4, 0.5) is 10.1 Å². The van der Waals surface area contributed by atoms with E-state index in [1.54, 1.807) is 6.07 Å². The molecule has 0 aliphatic rings. The van der Waals surface area contributed by atoms with Crippen molar-refractivity contribution in [2.24, 2.45) is 0 Å². The van der Waals surface area contributed by atoms with Gasteiger partial charge < -0.3 is 10.6 Å². The first-order valence-electron chi connectivity index (χ1n) is 6.36. The highest BCUT2D eigenvalue weighted by Crippen LogP contribution is 2.15. The molecule has 18 heavy (non-hydrogen) atoms. The van der Waals surface area contributed by atoms with E-state index in [9.17, 15) is 4.39 Å². The molecule has 2 N–H and O–H groups in total. The SMILES string of the molecule is CCN(Cc1ccc(N)c(F)c1)C(C)CN(C)C. The van der Waals surface area contributed by atoms with Crippen molar-refractivity contribution < 1.29 is 4.39 Å². The Labute approximate surface area is 109 Å². The van der Waals surface area contributed by atoms with Crippen molar-refractivity contribution in [2.75, 3.05) is 32.9 Å². The van der Waals surface area contributed by atoms with Gasteiger partial charge in [0, 0.05) is 19.1 Å². The van der Waals surface area contributed by atoms with Gasteiger partial charge in [-0.2, -0.15) is 0 Å². The molecule has 1 aromatic rings. The van der Waals surface area contributed by atoms with Gasteiger partial charge in [0.05, 0.1) is 5.69 Å². The molecular formula is C14H24FN3. The Balaban J connectivity index is 2.70. The molecule has 0 heterocycles. The maximum Gasteiger partial charge on any atom is 0.146 e. The Morgan fingerprint density at radius 3 is 2.50 bits per heavy atom. The molecule has 0 aliphatic carbocycles. The van der Waals surface area contributed by atoms with Gasteiger partial charge in [-0.05, 0) is 45.3 Å². The number of benzene rings is 1. The van der Waals surface area contributed by atoms with Crippen molar-refractivity contribution in [2.45, 2.75) is 26.4 Å². The third-order valence-corrected chi connectivity index (χ3v) is 3.11. The van der Waals surface area contributed by atoms with Crippen LogP contribution in [-0.4, -0.2) is 43.0 Å². The molecule has 0 fully saturated rings. The second-order valence-electron chi connectivity index (χ2n) is 5.03. The van der Waals surface area contributed by atoms with Crippen LogP contribution < -0.4 is 5.73 Å². The molecule has 0 aliphatic heterocycles. The van der Waals surface area contributed by atoms with Gasteiger partial charge in [-0.15, -0.1) is 0 Å². The van der Waals surface area contributed by atoms with Crippen molar-refractivity contribution in [3.05, 3.63) is 29.6 Å². The van der Waals surface area contributed by atoms with Crippen LogP contribution in [0.25, 0.3) is 0 Å². The highest BCUT2D eigenvalue weighted by Gasteiger charge is 2.13. The summed E-state index contributed by atoms with van der Waals surface area (Å²) in [4.78, 5) is 4.49. The molecule has 0 bridgehead atoms. The van der Waals surface area contributed by atoms with Gasteiger partial charge in [-0.3, -0.25) is 4.90 Å². The Morgan fingerprint density at radius 2 is 2.00 bits per heavy atom. The lowest BCUT2D eigenvalue weighted by atomic mass is 10.1. The zero-order chi connectivity index (χ0) is 13.7. The molecule has 4 heteroatoms. The summed E-state index contributed by atoms with van der Waals surface area (Å²) < 4.78 is 13.4. The van der Waals surface area contributed by atoms with Crippen molar-refractivity contribution >= 4 is 5.69 Å². The smallest absolute Gasteiger partial charge is 0.146 e. The normalized spacial score (nSPS) is 13.3. The zero-order valence-electron chi connectivity index (χ0n) is 11.8. The molecular weight excluding hydrogens is 229 g/mol. The van der Waals surface area contributed by atoms with Gasteiger partial charge in [0.2, 0.25) is 0 Å². The number of hydrogen-bond donors (Lipinski definition) is 1. The van der Waals surface area contributed by atoms with Crippen LogP contribution in [0.15, 0.2) is 18.2 Å². The fourth-order valence-corrected chi connectivity index (χ4v) is 2.13. The molecule has 0 spiro atoms. The average molecular weight is 253 g/mol. The first kappa shape index (κ1) is 14.9. The highest BCUT2D eigenvalue weighted by molar-refractivity contribution is 5.41. The molecule has 3 nitrogen and oxygen atoms in total. The number of nitrogen functional groups attached to an aromatic ring is 1. The molecule has 1 atom stereocenters. The number of anilines is 1. The topological polar surface area (TPSA) is 32.5 Å². The van der Waals surface area contributed by atoms with E-state index in [4.69, 9.17) is 5.73 Å². The summed E-state index contributed by atoms with van der Waals surface area (Å²) in [5, 5.41) is 0. The molecule has 0 saturated carbocycles. The summed E-state index contributed by atoms with van der Waals surface area (Å²) in [6.07, 6.45) is 0. The van der Waals surface area contributed by atoms with Gasteiger partial charge in [0.15, 0.2) is 0 Å². The van der Waals surface area contributed by atoms with Crippen molar-refractivity contribution in [1.82, 2.24) is 9.80 Å². The minimum atomic E-state index is -0.330. The van der Waals surface area contributed by atoms with E-state index in [1.165, 1.54) is 6.07 Å². The van der Waals surface area contributed by atoms with Crippen molar-refractivity contribution in [3.63, 3.8) is 0 Å². The summed E-state index contributed by atoms with van der Waals surface area (Å²) in [5.74, 6) is -0.330. The van der Waals surface area contributed by atoms with Gasteiger partial charge >= 0.3 is 0 Å². The number of rotatable bonds is 6. The summed E-state index contributed by atoms with van der Waals surface area (Å²) in [5.41, 5.74) is 6.66. The van der Waals surface area contributed by atoms with E-state index in [0.29, 0.717) is 6.04 Å². The van der Waals surface area contributed by atoms with E-state index in [-0.39, 0.29) is 11.5 Å². The van der Waals surface area contributed by atoms with Crippen LogP contribution in [0.3, 0.4) is 0 Å². The van der Waals surface area contributed by atoms with E-state index in [2.05, 4.69) is 37.7 Å². The first-order chi connectivity index (χ1) is 8.43. The minimum Gasteiger partial charge on any atom is -0.396 e. The lowest BCUT2D eigenvalue weighted by Gasteiger charge is -2.30. The molecule has 0 radical (unpaired) electrons. The molecule has 0 saturated heterocycles. The Bertz CT molecular complexity index is 379. The first-order valence-corrected chi connectivity index (χ1v) is 6.36. The molecule has 102 valence electrons. The van der Waals surface area contributed by atoms with Crippen LogP contribution in [0.5, 0.6) is 0 Å². The predicted molar refractivity (Wildman–Crippen MR) is 74.9 cm³/mol. The summed E-state index contributed by atoms with van der Waals surface area (Å²) >= 11 is 0. The lowest BCUT2D eigenvalue weighted by Crippen LogP contribution is -2.39. The van der Waals surface area contributed by atoms with Crippen molar-refractivity contribution in [1.29, 1.82) is 0 Å². The van der Waals surface area contributed by atoms with E-state index >= 15 is 0 Å². The van der Waals surface area contributed by atoms with Crippen LogP contribution in [0, 0.1) is 5.82 Å². The second kappa shape index (κ2) is 6.71. The summed E-state index contributed by atoms with van der Waals surface area (Å²) in [6, 6.07) is 5.49. The monoisotopic (exact) mass is 253 g/mol. The van der Waals surface area contributed by atoms with E-state index in [1.807, 2.05) is 6.07 Å². The van der Waals surface area contributed by atoms with Crippen LogP contribution in [0.1, 0.15) is 19.4 Å². The average Bonchev–Trinajstić information content (AvgIpc) is 2.29. The fraction of sp³-hybridized carbons (Fsp3) is 0.571. The van der Waals surface area contributed by atoms with Crippen LogP contribution >= 0.6 is 0 Å². The number of likely N-dealkylation sites (N-methyl/N-ethyl adjacent to an activating group) is 2. The molecule has 0 amide bonds. The Morgan fingerprint density at radius 1 is 1.33 bits per heavy atom. The molecule has 1 unspecified atom stereocenters. The maximum atomic E-state index is 13.4. The number of nitrogens with two attached hydrogens (primary N) is 1. The van der Waals surface area contributed by atoms with Gasteiger partial charge in [-0.1, -0.05) is 13.0 Å². The second-order valence-corrected chi connectivity index (χ2v) is 5.03. The predicted octanol–water partition coefficient (Wildman–Crippen LogP) is 2.18. The van der Waals surface area contributed by atoms with Gasteiger partial charge in [-0.25, -0.2) is 4.39 Å². The van der Waals surface area contributed by atoms with E-state index in [0.717, 1.165) is 25.2 Å². The number of hydrogen-bond acceptors (Lipinski definition) is 3. The fourth-order valence-electron chi connectivity index (χ4n) is 2.13. The molecule has 1 aromatic carbocycles. The minimum absolute atomic E-state index is 0.211. The van der Waals surface area contributed by atoms with Gasteiger partial charge in [0.1, 0.15) is 5.82 Å². The Hall–Kier alpha value is -1.13. The number of halogens is 1. The molecule has 1 rings (SSSR count). The molecule has 0 aromatic heterocycles. The third kappa shape index (κ3) is 4.27. The number of nitrogens with zero attached hydrogens (tertiary/aromatic N) is 2. The maximum absolute atomic E-state index is 13.4. The van der Waals surface area contributed by atoms with Crippen LogP contribution in [-0.2, 0) is 6.54 Å².